The van der Waals surface area contributed by atoms with Gasteiger partial charge in [-0.15, -0.1) is 0 Å². The fourth-order valence-corrected chi connectivity index (χ4v) is 9.73. The Labute approximate surface area is 254 Å². The van der Waals surface area contributed by atoms with Crippen molar-refractivity contribution in [3.8, 4) is 11.5 Å². The second kappa shape index (κ2) is 13.2. The largest absolute Gasteiger partial charge is 0.497 e. The number of anilines is 1. The van der Waals surface area contributed by atoms with E-state index in [0.29, 0.717) is 23.2 Å². The van der Waals surface area contributed by atoms with Crippen LogP contribution in [-0.2, 0) is 4.79 Å². The van der Waals surface area contributed by atoms with Crippen LogP contribution in [0.3, 0.4) is 0 Å². The van der Waals surface area contributed by atoms with E-state index >= 15 is 0 Å². The highest BCUT2D eigenvalue weighted by molar-refractivity contribution is 8.34. The molecule has 3 aliphatic carbocycles. The van der Waals surface area contributed by atoms with Crippen LogP contribution in [0.1, 0.15) is 70.8 Å². The smallest absolute Gasteiger partial charge is 0.312 e. The minimum atomic E-state index is -1.37. The summed E-state index contributed by atoms with van der Waals surface area (Å²) in [5, 5.41) is 13.8. The molecule has 5 rings (SSSR count). The van der Waals surface area contributed by atoms with Gasteiger partial charge in [-0.05, 0) is 115 Å². The van der Waals surface area contributed by atoms with E-state index in [4.69, 9.17) is 9.47 Å². The lowest BCUT2D eigenvalue weighted by atomic mass is 9.77. The molecule has 228 valence electrons. The molecule has 42 heavy (non-hydrogen) atoms. The Morgan fingerprint density at radius 1 is 1.12 bits per heavy atom. The molecular weight excluding hydrogens is 542 g/mol. The molecule has 6 heteroatoms. The van der Waals surface area contributed by atoms with Gasteiger partial charge >= 0.3 is 5.97 Å². The third-order valence-electron chi connectivity index (χ3n) is 9.53. The number of benzene rings is 2. The van der Waals surface area contributed by atoms with Crippen molar-refractivity contribution in [3.63, 3.8) is 0 Å². The first kappa shape index (κ1) is 30.6. The number of rotatable bonds is 16. The maximum atomic E-state index is 11.7. The lowest BCUT2D eigenvalue weighted by Gasteiger charge is -2.35. The van der Waals surface area contributed by atoms with Crippen molar-refractivity contribution in [1.29, 1.82) is 0 Å². The zero-order valence-electron chi connectivity index (χ0n) is 25.9. The average Bonchev–Trinajstić information content (AvgIpc) is 3.89. The molecule has 2 fully saturated rings. The third-order valence-corrected chi connectivity index (χ3v) is 13.7. The Morgan fingerprint density at radius 2 is 1.93 bits per heavy atom. The molecule has 0 bridgehead atoms. The number of ether oxygens (including phenoxy) is 2. The Balaban J connectivity index is 1.21. The molecule has 3 atom stereocenters. The van der Waals surface area contributed by atoms with E-state index < -0.39 is 16.0 Å². The molecule has 2 aromatic rings. The van der Waals surface area contributed by atoms with E-state index in [1.54, 1.807) is 7.11 Å². The van der Waals surface area contributed by atoms with Crippen LogP contribution >= 0.6 is 10.0 Å². The predicted molar refractivity (Wildman–Crippen MR) is 176 cm³/mol. The van der Waals surface area contributed by atoms with Crippen LogP contribution in [0.4, 0.5) is 5.69 Å². The summed E-state index contributed by atoms with van der Waals surface area (Å²) in [5.41, 5.74) is 3.94. The van der Waals surface area contributed by atoms with Gasteiger partial charge in [0.1, 0.15) is 11.5 Å². The highest BCUT2D eigenvalue weighted by Crippen LogP contribution is 2.64. The number of carboxylic acids is 1. The summed E-state index contributed by atoms with van der Waals surface area (Å²) in [7, 11) is 0.347. The maximum Gasteiger partial charge on any atom is 0.312 e. The van der Waals surface area contributed by atoms with Gasteiger partial charge in [0.25, 0.3) is 0 Å². The summed E-state index contributed by atoms with van der Waals surface area (Å²) < 4.78 is 11.9. The second-order valence-electron chi connectivity index (χ2n) is 12.9. The molecule has 0 saturated heterocycles. The van der Waals surface area contributed by atoms with Crippen LogP contribution in [0.2, 0.25) is 0 Å². The lowest BCUT2D eigenvalue weighted by molar-refractivity contribution is -0.134. The van der Waals surface area contributed by atoms with Crippen LogP contribution in [0.15, 0.2) is 65.6 Å². The average molecular weight is 592 g/mol. The van der Waals surface area contributed by atoms with Gasteiger partial charge < -0.3 is 19.9 Å². The van der Waals surface area contributed by atoms with Crippen molar-refractivity contribution in [1.82, 2.24) is 0 Å². The zero-order chi connectivity index (χ0) is 29.7. The van der Waals surface area contributed by atoms with Crippen molar-refractivity contribution < 1.29 is 19.4 Å². The molecule has 5 nitrogen and oxygen atoms in total. The molecular formula is C36H49NO4S. The number of aliphatic carboxylic acids is 1. The van der Waals surface area contributed by atoms with Crippen molar-refractivity contribution in [2.24, 2.45) is 17.3 Å². The van der Waals surface area contributed by atoms with E-state index in [-0.39, 0.29) is 5.75 Å². The molecule has 0 aliphatic heterocycles. The maximum absolute atomic E-state index is 11.7. The Kier molecular flexibility index (Phi) is 9.61. The standard InChI is InChI=1S/C36H49NO4S/c1-5-7-26(24-41-30-8-6-9-32(22-30)42(4,25-35(38)39)31-13-14-31)18-21-37-34-23-29(40-3)12-15-33(34)27-16-19-36(2,20-17-27)28-10-11-28/h6,8-9,12,15-17,19,22-23,26,28,31,37H,5,7,10-11,13-14,18,20-21,24-25H2,1-4H3,(H,38,39). The fraction of sp³-hybridized carbons (Fsp3) is 0.528. The van der Waals surface area contributed by atoms with Crippen LogP contribution in [0.25, 0.3) is 5.57 Å². The minimum Gasteiger partial charge on any atom is -0.497 e. The van der Waals surface area contributed by atoms with E-state index in [0.717, 1.165) is 73.1 Å². The summed E-state index contributed by atoms with van der Waals surface area (Å²) in [6.45, 7) is 6.14. The zero-order valence-corrected chi connectivity index (χ0v) is 26.7. The van der Waals surface area contributed by atoms with Crippen molar-refractivity contribution in [2.75, 3.05) is 37.6 Å². The van der Waals surface area contributed by atoms with Crippen LogP contribution in [0, 0.1) is 17.3 Å². The van der Waals surface area contributed by atoms with Gasteiger partial charge in [0.15, 0.2) is 0 Å². The first-order valence-corrected chi connectivity index (χ1v) is 18.0. The Bertz CT molecular complexity index is 1310. The molecule has 3 aliphatic rings. The monoisotopic (exact) mass is 591 g/mol. The van der Waals surface area contributed by atoms with Crippen LogP contribution in [-0.4, -0.2) is 48.6 Å². The van der Waals surface area contributed by atoms with Gasteiger partial charge in [0.05, 0.1) is 19.5 Å². The van der Waals surface area contributed by atoms with E-state index in [1.165, 1.54) is 24.0 Å². The van der Waals surface area contributed by atoms with Gasteiger partial charge in [0.2, 0.25) is 0 Å². The number of carboxylic acid groups (broad SMARTS) is 1. The summed E-state index contributed by atoms with van der Waals surface area (Å²) in [5.74, 6) is 2.53. The number of carbonyl (C=O) groups is 1. The van der Waals surface area contributed by atoms with Crippen molar-refractivity contribution in [2.45, 2.75) is 75.4 Å². The quantitative estimate of drug-likeness (QED) is 0.204. The molecule has 0 radical (unpaired) electrons. The minimum absolute atomic E-state index is 0.240. The number of nitrogens with one attached hydrogen (secondary N) is 1. The molecule has 2 aromatic carbocycles. The third kappa shape index (κ3) is 7.37. The first-order valence-electron chi connectivity index (χ1n) is 15.8. The molecule has 0 aromatic heterocycles. The molecule has 2 N–H and O–H groups in total. The highest BCUT2D eigenvalue weighted by Gasteiger charge is 2.41. The topological polar surface area (TPSA) is 67.8 Å². The van der Waals surface area contributed by atoms with Crippen molar-refractivity contribution >= 4 is 27.3 Å². The summed E-state index contributed by atoms with van der Waals surface area (Å²) >= 11 is 0. The van der Waals surface area contributed by atoms with Crippen LogP contribution < -0.4 is 14.8 Å². The van der Waals surface area contributed by atoms with E-state index in [1.807, 2.05) is 12.1 Å². The molecule has 0 amide bonds. The van der Waals surface area contributed by atoms with Crippen molar-refractivity contribution in [3.05, 3.63) is 66.3 Å². The summed E-state index contributed by atoms with van der Waals surface area (Å²) in [6.07, 6.45) is 18.7. The van der Waals surface area contributed by atoms with Gasteiger partial charge in [-0.25, -0.2) is 10.0 Å². The lowest BCUT2D eigenvalue weighted by Crippen LogP contribution is -2.18. The SMILES string of the molecule is CCCC(CCNc1cc(OC)ccc1C1=CCC(C)(C2CC2)C=C1)COc1cccc(S(C)(CC(=O)O)C2CC2)c1. The second-order valence-corrected chi connectivity index (χ2v) is 16.7. The Morgan fingerprint density at radius 3 is 2.57 bits per heavy atom. The number of methoxy groups -OCH3 is 1. The normalized spacial score (nSPS) is 22.9. The fourth-order valence-electron chi connectivity index (χ4n) is 6.48. The Hall–Kier alpha value is -2.86. The molecule has 0 heterocycles. The van der Waals surface area contributed by atoms with Gasteiger partial charge in [0, 0.05) is 23.9 Å². The summed E-state index contributed by atoms with van der Waals surface area (Å²) in [4.78, 5) is 12.8. The highest BCUT2D eigenvalue weighted by atomic mass is 32.3. The predicted octanol–water partition coefficient (Wildman–Crippen LogP) is 8.79. The van der Waals surface area contributed by atoms with Gasteiger partial charge in [-0.3, -0.25) is 4.79 Å². The molecule has 2 saturated carbocycles. The first-order chi connectivity index (χ1) is 20.2. The number of hydrogen-bond acceptors (Lipinski definition) is 4. The summed E-state index contributed by atoms with van der Waals surface area (Å²) in [6, 6.07) is 14.6. The van der Waals surface area contributed by atoms with E-state index in [9.17, 15) is 9.90 Å². The van der Waals surface area contributed by atoms with Gasteiger partial charge in [-0.2, -0.15) is 0 Å². The molecule has 3 unspecified atom stereocenters. The number of allylic oxidation sites excluding steroid dienone is 4. The molecule has 0 spiro atoms. The van der Waals surface area contributed by atoms with E-state index in [2.05, 4.69) is 74.0 Å². The van der Waals surface area contributed by atoms with Gasteiger partial charge in [-0.1, -0.05) is 44.6 Å². The van der Waals surface area contributed by atoms with Crippen LogP contribution in [0.5, 0.6) is 11.5 Å². The number of hydrogen-bond donors (Lipinski definition) is 2.